The summed E-state index contributed by atoms with van der Waals surface area (Å²) in [5.41, 5.74) is 0.147. The Labute approximate surface area is 258 Å². The number of carbonyl (C=O) groups is 2. The number of hydrogen-bond donors (Lipinski definition) is 1. The van der Waals surface area contributed by atoms with Crippen molar-refractivity contribution in [1.29, 1.82) is 0 Å². The van der Waals surface area contributed by atoms with Crippen molar-refractivity contribution >= 4 is 23.5 Å². The van der Waals surface area contributed by atoms with Gasteiger partial charge in [-0.1, -0.05) is 30.7 Å². The summed E-state index contributed by atoms with van der Waals surface area (Å²) >= 11 is 6.50. The lowest BCUT2D eigenvalue weighted by Gasteiger charge is -2.33. The fraction of sp³-hybridized carbons (Fsp3) is 0.548. The second kappa shape index (κ2) is 11.5. The zero-order chi connectivity index (χ0) is 31.4. The minimum Gasteiger partial charge on any atom is -0.498 e. The van der Waals surface area contributed by atoms with E-state index in [1.165, 1.54) is 18.6 Å². The summed E-state index contributed by atoms with van der Waals surface area (Å²) in [4.78, 5) is 26.9. The zero-order valence-electron chi connectivity index (χ0n) is 24.8. The SMILES string of the molecule is CCC(F)(F)c1nnc2n1-c1ccc(Cl)cc1[C@H](C1=C(OC)C(OC)CC=C1)OC21CC1C(=O)N1CCC(CC(=O)O)CC1. The number of ether oxygens (including phenoxy) is 3. The number of methoxy groups -OCH3 is 2. The predicted octanol–water partition coefficient (Wildman–Crippen LogP) is 5.30. The van der Waals surface area contributed by atoms with Crippen molar-refractivity contribution in [2.45, 2.75) is 69.2 Å². The minimum atomic E-state index is -3.31. The number of carbonyl (C=O) groups excluding carboxylic acids is 1. The van der Waals surface area contributed by atoms with Gasteiger partial charge in [-0.15, -0.1) is 10.2 Å². The van der Waals surface area contributed by atoms with E-state index in [9.17, 15) is 14.7 Å². The van der Waals surface area contributed by atoms with Crippen LogP contribution in [0.5, 0.6) is 0 Å². The summed E-state index contributed by atoms with van der Waals surface area (Å²) < 4.78 is 50.7. The van der Waals surface area contributed by atoms with Crippen LogP contribution in [-0.2, 0) is 35.3 Å². The molecule has 44 heavy (non-hydrogen) atoms. The van der Waals surface area contributed by atoms with E-state index < -0.39 is 47.9 Å². The Kier molecular flexibility index (Phi) is 8.04. The molecule has 1 saturated carbocycles. The summed E-state index contributed by atoms with van der Waals surface area (Å²) in [7, 11) is 3.12. The van der Waals surface area contributed by atoms with Crippen LogP contribution in [0.15, 0.2) is 41.7 Å². The number of likely N-dealkylation sites (tertiary alicyclic amines) is 1. The van der Waals surface area contributed by atoms with Crippen molar-refractivity contribution in [3.05, 3.63) is 63.9 Å². The summed E-state index contributed by atoms with van der Waals surface area (Å²) in [6.45, 7) is 2.19. The van der Waals surface area contributed by atoms with Crippen molar-refractivity contribution in [1.82, 2.24) is 19.7 Å². The molecule has 10 nitrogen and oxygen atoms in total. The molecular weight excluding hydrogens is 598 g/mol. The van der Waals surface area contributed by atoms with Gasteiger partial charge >= 0.3 is 11.9 Å². The first-order valence-corrected chi connectivity index (χ1v) is 15.2. The minimum absolute atomic E-state index is 0.00405. The largest absolute Gasteiger partial charge is 0.498 e. The molecule has 13 heteroatoms. The average Bonchev–Trinajstić information content (AvgIpc) is 3.59. The van der Waals surface area contributed by atoms with Crippen LogP contribution < -0.4 is 0 Å². The van der Waals surface area contributed by atoms with Crippen molar-refractivity contribution < 1.29 is 37.7 Å². The number of halogens is 3. The molecule has 0 radical (unpaired) electrons. The fourth-order valence-electron chi connectivity index (χ4n) is 6.77. The quantitative estimate of drug-likeness (QED) is 0.417. The van der Waals surface area contributed by atoms with E-state index in [-0.39, 0.29) is 30.5 Å². The van der Waals surface area contributed by atoms with E-state index in [0.717, 1.165) is 0 Å². The molecule has 4 atom stereocenters. The monoisotopic (exact) mass is 632 g/mol. The van der Waals surface area contributed by atoms with Gasteiger partial charge in [0.2, 0.25) is 11.7 Å². The number of aromatic nitrogens is 3. The first-order valence-electron chi connectivity index (χ1n) is 14.8. The van der Waals surface area contributed by atoms with E-state index >= 15 is 8.78 Å². The Morgan fingerprint density at radius 3 is 2.64 bits per heavy atom. The Balaban J connectivity index is 1.47. The Morgan fingerprint density at radius 1 is 1.23 bits per heavy atom. The molecule has 1 aromatic carbocycles. The number of nitrogens with zero attached hydrogens (tertiary/aromatic N) is 4. The smallest absolute Gasteiger partial charge is 0.306 e. The molecule has 3 unspecified atom stereocenters. The fourth-order valence-corrected chi connectivity index (χ4v) is 6.95. The number of carboxylic acids is 1. The third-order valence-electron chi connectivity index (χ3n) is 9.26. The predicted molar refractivity (Wildman–Crippen MR) is 154 cm³/mol. The van der Waals surface area contributed by atoms with Gasteiger partial charge in [0, 0.05) is 49.2 Å². The van der Waals surface area contributed by atoms with Crippen molar-refractivity contribution in [3.63, 3.8) is 0 Å². The molecular formula is C31H35ClF2N4O6. The molecule has 236 valence electrons. The van der Waals surface area contributed by atoms with Crippen molar-refractivity contribution in [2.24, 2.45) is 11.8 Å². The van der Waals surface area contributed by atoms with Gasteiger partial charge in [0.1, 0.15) is 23.6 Å². The first kappa shape index (κ1) is 30.7. The second-order valence-electron chi connectivity index (χ2n) is 11.8. The lowest BCUT2D eigenvalue weighted by Crippen LogP contribution is -2.41. The molecule has 3 heterocycles. The number of rotatable bonds is 8. The van der Waals surface area contributed by atoms with Crippen LogP contribution in [0.4, 0.5) is 8.78 Å². The summed E-state index contributed by atoms with van der Waals surface area (Å²) in [5, 5.41) is 17.8. The lowest BCUT2D eigenvalue weighted by molar-refractivity contribution is -0.139. The van der Waals surface area contributed by atoms with Crippen LogP contribution in [-0.4, -0.2) is 70.1 Å². The Morgan fingerprint density at radius 2 is 1.98 bits per heavy atom. The molecule has 1 N–H and O–H groups in total. The Bertz CT molecular complexity index is 1530. The number of fused-ring (bicyclic) bond motifs is 4. The van der Waals surface area contributed by atoms with Crippen molar-refractivity contribution in [2.75, 3.05) is 27.3 Å². The van der Waals surface area contributed by atoms with Gasteiger partial charge in [0.15, 0.2) is 5.82 Å². The maximum Gasteiger partial charge on any atom is 0.306 e. The number of amides is 1. The number of hydrogen-bond acceptors (Lipinski definition) is 7. The van der Waals surface area contributed by atoms with Crippen LogP contribution >= 0.6 is 11.6 Å². The van der Waals surface area contributed by atoms with Gasteiger partial charge < -0.3 is 24.2 Å². The molecule has 2 aliphatic carbocycles. The molecule has 0 bridgehead atoms. The normalized spacial score (nSPS) is 26.8. The molecule has 1 saturated heterocycles. The highest BCUT2D eigenvalue weighted by Crippen LogP contribution is 2.61. The van der Waals surface area contributed by atoms with E-state index in [2.05, 4.69) is 10.2 Å². The van der Waals surface area contributed by atoms with Gasteiger partial charge in [0.25, 0.3) is 0 Å². The third kappa shape index (κ3) is 5.10. The number of aliphatic carboxylic acids is 1. The van der Waals surface area contributed by atoms with Crippen molar-refractivity contribution in [3.8, 4) is 5.69 Å². The molecule has 2 aliphatic heterocycles. The molecule has 6 rings (SSSR count). The van der Waals surface area contributed by atoms with Gasteiger partial charge in [-0.3, -0.25) is 14.2 Å². The highest BCUT2D eigenvalue weighted by atomic mass is 35.5. The van der Waals surface area contributed by atoms with Gasteiger partial charge in [-0.05, 0) is 49.8 Å². The second-order valence-corrected chi connectivity index (χ2v) is 12.3. The molecule has 1 amide bonds. The van der Waals surface area contributed by atoms with E-state index in [4.69, 9.17) is 25.8 Å². The highest BCUT2D eigenvalue weighted by molar-refractivity contribution is 6.30. The van der Waals surface area contributed by atoms with E-state index in [1.54, 1.807) is 30.2 Å². The van der Waals surface area contributed by atoms with Crippen LogP contribution in [0.2, 0.25) is 5.02 Å². The van der Waals surface area contributed by atoms with E-state index in [1.807, 2.05) is 12.2 Å². The first-order chi connectivity index (χ1) is 21.0. The molecule has 1 spiro atoms. The summed E-state index contributed by atoms with van der Waals surface area (Å²) in [6, 6.07) is 4.94. The van der Waals surface area contributed by atoms with Gasteiger partial charge in [-0.25, -0.2) is 0 Å². The number of benzene rings is 1. The lowest BCUT2D eigenvalue weighted by atomic mass is 9.92. The highest BCUT2D eigenvalue weighted by Gasteiger charge is 2.67. The van der Waals surface area contributed by atoms with Gasteiger partial charge in [0.05, 0.1) is 18.7 Å². The number of piperidine rings is 1. The zero-order valence-corrected chi connectivity index (χ0v) is 25.5. The molecule has 2 fully saturated rings. The maximum atomic E-state index is 15.5. The average molecular weight is 633 g/mol. The van der Waals surface area contributed by atoms with Crippen LogP contribution in [0, 0.1) is 11.8 Å². The van der Waals surface area contributed by atoms with E-state index in [0.29, 0.717) is 60.0 Å². The number of alkyl halides is 2. The van der Waals surface area contributed by atoms with Crippen LogP contribution in [0.3, 0.4) is 0 Å². The van der Waals surface area contributed by atoms with Crippen LogP contribution in [0.25, 0.3) is 5.69 Å². The Hall–Kier alpha value is -3.35. The summed E-state index contributed by atoms with van der Waals surface area (Å²) in [5.74, 6) is -4.95. The third-order valence-corrected chi connectivity index (χ3v) is 9.50. The van der Waals surface area contributed by atoms with Crippen LogP contribution in [0.1, 0.15) is 68.8 Å². The molecule has 2 aromatic rings. The molecule has 1 aromatic heterocycles. The standard InChI is InChI=1S/C31H35ClF2N4O6/c1-4-31(33,34)29-36-35-28-30(16-21(30)27(41)37-12-10-17(11-13-37)14-24(39)40)44-25(19-6-5-7-23(42-2)26(19)43-3)20-15-18(32)8-9-22(20)38(28)29/h5-6,8-9,15,17,21,23,25H,4,7,10-14,16H2,1-3H3,(H,39,40)/t21?,23?,25-,30?/m0/s1. The van der Waals surface area contributed by atoms with Gasteiger partial charge in [-0.2, -0.15) is 8.78 Å². The summed E-state index contributed by atoms with van der Waals surface area (Å²) in [6.07, 6.45) is 4.03. The molecule has 4 aliphatic rings. The maximum absolute atomic E-state index is 15.5. The topological polar surface area (TPSA) is 116 Å². The number of carboxylic acid groups (broad SMARTS) is 1.